The van der Waals surface area contributed by atoms with Crippen LogP contribution in [-0.2, 0) is 41.6 Å². The van der Waals surface area contributed by atoms with Crippen LogP contribution in [-0.4, -0.2) is 39.8 Å². The van der Waals surface area contributed by atoms with Crippen molar-refractivity contribution in [1.29, 1.82) is 0 Å². The Balaban J connectivity index is 1.50. The first-order valence-electron chi connectivity index (χ1n) is 9.59. The molecule has 1 aromatic heterocycles. The van der Waals surface area contributed by atoms with Gasteiger partial charge < -0.3 is 9.64 Å². The number of carbonyl (C=O) groups excluding carboxylic acids is 1. The Bertz CT molecular complexity index is 951. The van der Waals surface area contributed by atoms with E-state index < -0.39 is 11.9 Å². The molecule has 1 aromatic carbocycles. The number of rotatable bonds is 2. The largest absolute Gasteiger partial charge is 0.435 e. The Hall–Kier alpha value is -2.35. The van der Waals surface area contributed by atoms with Crippen LogP contribution in [0.25, 0.3) is 5.69 Å². The van der Waals surface area contributed by atoms with E-state index >= 15 is 0 Å². The molecule has 1 aliphatic carbocycles. The van der Waals surface area contributed by atoms with Crippen LogP contribution in [0, 0.1) is 0 Å². The number of amides is 1. The summed E-state index contributed by atoms with van der Waals surface area (Å²) in [5.74, 6) is 0.203. The van der Waals surface area contributed by atoms with Crippen molar-refractivity contribution in [2.45, 2.75) is 50.9 Å². The number of halogens is 3. The quantitative estimate of drug-likeness (QED) is 0.791. The maximum Gasteiger partial charge on any atom is 0.435 e. The summed E-state index contributed by atoms with van der Waals surface area (Å²) in [7, 11) is 0. The molecule has 0 unspecified atom stereocenters. The molecule has 148 valence electrons. The van der Waals surface area contributed by atoms with Crippen molar-refractivity contribution in [3.63, 3.8) is 0 Å². The normalized spacial score (nSPS) is 21.9. The van der Waals surface area contributed by atoms with Crippen LogP contribution in [0.3, 0.4) is 0 Å². The van der Waals surface area contributed by atoms with Crippen LogP contribution in [0.4, 0.5) is 13.2 Å². The van der Waals surface area contributed by atoms with Crippen molar-refractivity contribution in [3.05, 3.63) is 46.3 Å². The van der Waals surface area contributed by atoms with Crippen molar-refractivity contribution >= 4 is 5.91 Å². The van der Waals surface area contributed by atoms with Crippen molar-refractivity contribution in [3.8, 4) is 5.69 Å². The number of alkyl halides is 3. The summed E-state index contributed by atoms with van der Waals surface area (Å²) in [5, 5.41) is 3.91. The number of fused-ring (bicyclic) bond motifs is 2. The molecule has 0 spiro atoms. The number of likely N-dealkylation sites (tertiary alicyclic amines) is 1. The van der Waals surface area contributed by atoms with Gasteiger partial charge in [-0.1, -0.05) is 6.07 Å². The Morgan fingerprint density at radius 3 is 2.71 bits per heavy atom. The van der Waals surface area contributed by atoms with Gasteiger partial charge in [0.1, 0.15) is 0 Å². The van der Waals surface area contributed by atoms with Crippen molar-refractivity contribution in [1.82, 2.24) is 14.7 Å². The van der Waals surface area contributed by atoms with E-state index in [2.05, 4.69) is 5.10 Å². The monoisotopic (exact) mass is 391 g/mol. The zero-order valence-corrected chi connectivity index (χ0v) is 15.3. The van der Waals surface area contributed by atoms with Gasteiger partial charge in [-0.3, -0.25) is 4.79 Å². The minimum Gasteiger partial charge on any atom is -0.376 e. The van der Waals surface area contributed by atoms with E-state index in [0.29, 0.717) is 30.8 Å². The molecule has 5 rings (SSSR count). The van der Waals surface area contributed by atoms with Gasteiger partial charge in [-0.15, -0.1) is 0 Å². The highest BCUT2D eigenvalue weighted by Gasteiger charge is 2.40. The highest BCUT2D eigenvalue weighted by atomic mass is 19.4. The lowest BCUT2D eigenvalue weighted by Gasteiger charge is -2.23. The van der Waals surface area contributed by atoms with Gasteiger partial charge >= 0.3 is 6.18 Å². The number of nitrogens with zero attached hydrogens (tertiary/aromatic N) is 3. The third kappa shape index (κ3) is 2.82. The molecule has 2 aromatic rings. The first-order chi connectivity index (χ1) is 13.4. The third-order valence-corrected chi connectivity index (χ3v) is 5.98. The summed E-state index contributed by atoms with van der Waals surface area (Å²) in [6.45, 7) is 1.13. The second kappa shape index (κ2) is 6.34. The molecule has 1 saturated heterocycles. The second-order valence-corrected chi connectivity index (χ2v) is 7.69. The van der Waals surface area contributed by atoms with Gasteiger partial charge in [0, 0.05) is 31.0 Å². The van der Waals surface area contributed by atoms with Gasteiger partial charge in [-0.25, -0.2) is 4.68 Å². The van der Waals surface area contributed by atoms with E-state index in [4.69, 9.17) is 4.74 Å². The van der Waals surface area contributed by atoms with Crippen LogP contribution in [0.1, 0.15) is 40.9 Å². The summed E-state index contributed by atoms with van der Waals surface area (Å²) in [6, 6.07) is 5.88. The predicted molar refractivity (Wildman–Crippen MR) is 94.1 cm³/mol. The lowest BCUT2D eigenvalue weighted by molar-refractivity contribution is -0.142. The maximum atomic E-state index is 13.4. The van der Waals surface area contributed by atoms with E-state index in [1.165, 1.54) is 4.68 Å². The summed E-state index contributed by atoms with van der Waals surface area (Å²) >= 11 is 0. The van der Waals surface area contributed by atoms with Crippen molar-refractivity contribution in [2.75, 3.05) is 13.2 Å². The maximum absolute atomic E-state index is 13.4. The molecule has 1 amide bonds. The summed E-state index contributed by atoms with van der Waals surface area (Å²) < 4.78 is 46.9. The average molecular weight is 391 g/mol. The topological polar surface area (TPSA) is 47.4 Å². The highest BCUT2D eigenvalue weighted by Crippen LogP contribution is 2.36. The summed E-state index contributed by atoms with van der Waals surface area (Å²) in [6.07, 6.45) is -1.04. The highest BCUT2D eigenvalue weighted by molar-refractivity contribution is 5.78. The van der Waals surface area contributed by atoms with E-state index in [-0.39, 0.29) is 24.1 Å². The Labute approximate surface area is 160 Å². The first kappa shape index (κ1) is 17.7. The lowest BCUT2D eigenvalue weighted by Crippen LogP contribution is -2.36. The van der Waals surface area contributed by atoms with E-state index in [1.807, 2.05) is 23.1 Å². The van der Waals surface area contributed by atoms with Crippen LogP contribution >= 0.6 is 0 Å². The molecule has 0 bridgehead atoms. The van der Waals surface area contributed by atoms with Gasteiger partial charge in [0.25, 0.3) is 0 Å². The van der Waals surface area contributed by atoms with Gasteiger partial charge in [0.2, 0.25) is 5.91 Å². The standard InChI is InChI=1S/C20H20F3N3O2/c21-20(22,23)19-16-11-28-7-5-17(16)26(24-19)14-4-3-12-8-15(10-13(12)9-14)25-6-1-2-18(25)27/h3-4,9,15H,1-2,5-8,10-11H2/t15-/m0/s1. The number of carbonyl (C=O) groups is 1. The fraction of sp³-hybridized carbons (Fsp3) is 0.500. The molecule has 2 aliphatic heterocycles. The fourth-order valence-corrected chi connectivity index (χ4v) is 4.67. The van der Waals surface area contributed by atoms with Gasteiger partial charge in [0.15, 0.2) is 5.69 Å². The minimum atomic E-state index is -4.51. The smallest absolute Gasteiger partial charge is 0.376 e. The van der Waals surface area contributed by atoms with Crippen LogP contribution in [0.2, 0.25) is 0 Å². The predicted octanol–water partition coefficient (Wildman–Crippen LogP) is 3.05. The van der Waals surface area contributed by atoms with Gasteiger partial charge in [0.05, 0.1) is 24.6 Å². The molecular formula is C20H20F3N3O2. The molecular weight excluding hydrogens is 371 g/mol. The Morgan fingerprint density at radius 1 is 1.14 bits per heavy atom. The van der Waals surface area contributed by atoms with Crippen LogP contribution in [0.15, 0.2) is 18.2 Å². The van der Waals surface area contributed by atoms with E-state index in [1.54, 1.807) is 0 Å². The van der Waals surface area contributed by atoms with Crippen molar-refractivity contribution < 1.29 is 22.7 Å². The van der Waals surface area contributed by atoms with E-state index in [9.17, 15) is 18.0 Å². The molecule has 0 radical (unpaired) electrons. The average Bonchev–Trinajstić information content (AvgIpc) is 3.35. The Morgan fingerprint density at radius 2 is 1.96 bits per heavy atom. The first-order valence-corrected chi connectivity index (χ1v) is 9.59. The number of ether oxygens (including phenoxy) is 1. The molecule has 0 saturated carbocycles. The number of benzene rings is 1. The lowest BCUT2D eigenvalue weighted by atomic mass is 10.1. The SMILES string of the molecule is O=C1CCCN1[C@H]1Cc2ccc(-n3nc(C(F)(F)F)c4c3CCOC4)cc2C1. The van der Waals surface area contributed by atoms with Gasteiger partial charge in [-0.2, -0.15) is 18.3 Å². The molecule has 3 aliphatic rings. The molecule has 8 heteroatoms. The second-order valence-electron chi connectivity index (χ2n) is 7.69. The molecule has 28 heavy (non-hydrogen) atoms. The third-order valence-electron chi connectivity index (χ3n) is 5.98. The molecule has 1 fully saturated rings. The zero-order valence-electron chi connectivity index (χ0n) is 15.3. The fourth-order valence-electron chi connectivity index (χ4n) is 4.67. The molecule has 0 N–H and O–H groups in total. The number of aromatic nitrogens is 2. The van der Waals surface area contributed by atoms with Crippen LogP contribution < -0.4 is 0 Å². The summed E-state index contributed by atoms with van der Waals surface area (Å²) in [5.41, 5.74) is 2.74. The van der Waals surface area contributed by atoms with E-state index in [0.717, 1.165) is 36.9 Å². The zero-order chi connectivity index (χ0) is 19.5. The number of hydrogen-bond acceptors (Lipinski definition) is 3. The Kier molecular flexibility index (Phi) is 4.01. The molecule has 3 heterocycles. The molecule has 5 nitrogen and oxygen atoms in total. The van der Waals surface area contributed by atoms with Crippen molar-refractivity contribution in [2.24, 2.45) is 0 Å². The minimum absolute atomic E-state index is 0.0612. The molecule has 1 atom stereocenters. The number of hydrogen-bond donors (Lipinski definition) is 0. The summed E-state index contributed by atoms with van der Waals surface area (Å²) in [4.78, 5) is 14.0. The van der Waals surface area contributed by atoms with Crippen LogP contribution in [0.5, 0.6) is 0 Å². The van der Waals surface area contributed by atoms with Gasteiger partial charge in [-0.05, 0) is 42.5 Å².